The van der Waals surface area contributed by atoms with E-state index < -0.39 is 15.7 Å². The molecule has 0 aromatic heterocycles. The molecule has 0 N–H and O–H groups in total. The number of halogens is 1. The number of amides is 2. The minimum Gasteiger partial charge on any atom is -0.368 e. The van der Waals surface area contributed by atoms with Crippen molar-refractivity contribution in [3.8, 4) is 0 Å². The molecule has 0 spiro atoms. The van der Waals surface area contributed by atoms with Crippen LogP contribution in [-0.2, 0) is 16.4 Å². The zero-order valence-electron chi connectivity index (χ0n) is 21.5. The lowest BCUT2D eigenvalue weighted by atomic mass is 10.1. The van der Waals surface area contributed by atoms with E-state index in [1.165, 1.54) is 47.4 Å². The lowest BCUT2D eigenvalue weighted by molar-refractivity contribution is 0.0746. The van der Waals surface area contributed by atoms with Crippen molar-refractivity contribution in [2.75, 3.05) is 36.0 Å². The van der Waals surface area contributed by atoms with Gasteiger partial charge in [0.2, 0.25) is 9.84 Å². The number of carbonyl (C=O) groups excluding carboxylic acids is 2. The zero-order valence-corrected chi connectivity index (χ0v) is 22.4. The van der Waals surface area contributed by atoms with Crippen molar-refractivity contribution in [2.45, 2.75) is 16.3 Å². The van der Waals surface area contributed by atoms with Crippen LogP contribution >= 0.6 is 0 Å². The van der Waals surface area contributed by atoms with Crippen LogP contribution in [0.2, 0.25) is 0 Å². The second kappa shape index (κ2) is 10.2. The molecule has 0 aliphatic carbocycles. The molecule has 202 valence electrons. The average molecular weight is 556 g/mol. The number of rotatable bonds is 4. The molecule has 0 bridgehead atoms. The normalized spacial score (nSPS) is 16.2. The smallest absolute Gasteiger partial charge is 0.259 e. The Kier molecular flexibility index (Phi) is 6.59. The molecule has 0 unspecified atom stereocenters. The Morgan fingerprint density at radius 2 is 1.45 bits per heavy atom. The number of hydrogen-bond donors (Lipinski definition) is 0. The van der Waals surface area contributed by atoms with Crippen LogP contribution in [0.4, 0.5) is 15.8 Å². The first-order valence-corrected chi connectivity index (χ1v) is 14.4. The minimum absolute atomic E-state index is 0.0144. The van der Waals surface area contributed by atoms with Gasteiger partial charge in [-0.1, -0.05) is 42.5 Å². The molecule has 1 fully saturated rings. The van der Waals surface area contributed by atoms with Crippen LogP contribution in [0.25, 0.3) is 0 Å². The Balaban J connectivity index is 1.34. The van der Waals surface area contributed by atoms with Gasteiger partial charge in [-0.2, -0.15) is 0 Å². The summed E-state index contributed by atoms with van der Waals surface area (Å²) in [5.41, 5.74) is 2.30. The van der Waals surface area contributed by atoms with Crippen molar-refractivity contribution >= 4 is 33.0 Å². The van der Waals surface area contributed by atoms with Gasteiger partial charge in [-0.15, -0.1) is 0 Å². The first-order valence-electron chi connectivity index (χ1n) is 13.0. The standard InChI is InChI=1S/C31H26FN3O4S/c32-24-11-13-25(14-12-24)33-16-18-34(19-17-33)30(36)23-10-15-29-27(20-23)35(21-22-6-2-1-3-7-22)31(37)26-8-4-5-9-28(26)40(29,38)39/h1-15,20H,16-19,21H2. The number of sulfone groups is 1. The number of fused-ring (bicyclic) bond motifs is 2. The van der Waals surface area contributed by atoms with E-state index in [4.69, 9.17) is 0 Å². The highest BCUT2D eigenvalue weighted by molar-refractivity contribution is 7.91. The maximum Gasteiger partial charge on any atom is 0.259 e. The second-order valence-electron chi connectivity index (χ2n) is 9.81. The van der Waals surface area contributed by atoms with Crippen LogP contribution in [0.15, 0.2) is 107 Å². The molecule has 2 aliphatic heterocycles. The van der Waals surface area contributed by atoms with Crippen LogP contribution in [0, 0.1) is 5.82 Å². The van der Waals surface area contributed by atoms with Gasteiger partial charge in [0.05, 0.1) is 27.6 Å². The van der Waals surface area contributed by atoms with Gasteiger partial charge in [-0.05, 0) is 60.2 Å². The van der Waals surface area contributed by atoms with Crippen molar-refractivity contribution in [3.63, 3.8) is 0 Å². The Labute approximate surface area is 232 Å². The Bertz CT molecular complexity index is 1700. The summed E-state index contributed by atoms with van der Waals surface area (Å²) < 4.78 is 40.8. The van der Waals surface area contributed by atoms with E-state index >= 15 is 0 Å². The summed E-state index contributed by atoms with van der Waals surface area (Å²) in [6.07, 6.45) is 0. The quantitative estimate of drug-likeness (QED) is 0.362. The monoisotopic (exact) mass is 555 g/mol. The van der Waals surface area contributed by atoms with E-state index in [2.05, 4.69) is 4.90 Å². The highest BCUT2D eigenvalue weighted by Crippen LogP contribution is 2.38. The van der Waals surface area contributed by atoms with Gasteiger partial charge in [0, 0.05) is 37.4 Å². The van der Waals surface area contributed by atoms with Crippen molar-refractivity contribution in [1.29, 1.82) is 0 Å². The molecule has 0 radical (unpaired) electrons. The first-order chi connectivity index (χ1) is 19.3. The molecule has 4 aromatic carbocycles. The summed E-state index contributed by atoms with van der Waals surface area (Å²) in [4.78, 5) is 32.6. The van der Waals surface area contributed by atoms with Gasteiger partial charge in [0.15, 0.2) is 0 Å². The van der Waals surface area contributed by atoms with Crippen LogP contribution in [0.1, 0.15) is 26.3 Å². The van der Waals surface area contributed by atoms with Gasteiger partial charge in [0.25, 0.3) is 11.8 Å². The van der Waals surface area contributed by atoms with Gasteiger partial charge in [0.1, 0.15) is 5.82 Å². The van der Waals surface area contributed by atoms with E-state index in [0.717, 1.165) is 11.3 Å². The largest absolute Gasteiger partial charge is 0.368 e. The van der Waals surface area contributed by atoms with E-state index in [-0.39, 0.29) is 39.3 Å². The summed E-state index contributed by atoms with van der Waals surface area (Å²) >= 11 is 0. The summed E-state index contributed by atoms with van der Waals surface area (Å²) in [5, 5.41) is 0. The molecule has 2 heterocycles. The van der Waals surface area contributed by atoms with Crippen molar-refractivity contribution < 1.29 is 22.4 Å². The molecule has 6 rings (SSSR count). The Morgan fingerprint density at radius 3 is 2.17 bits per heavy atom. The number of anilines is 2. The predicted octanol–water partition coefficient (Wildman–Crippen LogP) is 4.78. The molecule has 0 atom stereocenters. The number of carbonyl (C=O) groups is 2. The summed E-state index contributed by atoms with van der Waals surface area (Å²) in [6, 6.07) is 26.3. The predicted molar refractivity (Wildman–Crippen MR) is 150 cm³/mol. The molecular formula is C31H26FN3O4S. The van der Waals surface area contributed by atoms with Crippen molar-refractivity contribution in [2.24, 2.45) is 0 Å². The van der Waals surface area contributed by atoms with Crippen LogP contribution in [0.5, 0.6) is 0 Å². The summed E-state index contributed by atoms with van der Waals surface area (Å²) in [6.45, 7) is 2.19. The van der Waals surface area contributed by atoms with Crippen LogP contribution in [-0.4, -0.2) is 51.3 Å². The molecule has 2 aliphatic rings. The maximum atomic E-state index is 13.8. The van der Waals surface area contributed by atoms with E-state index in [9.17, 15) is 22.4 Å². The first kappa shape index (κ1) is 25.8. The summed E-state index contributed by atoms with van der Waals surface area (Å²) in [5.74, 6) is -0.988. The number of benzene rings is 4. The van der Waals surface area contributed by atoms with Gasteiger partial charge in [-0.25, -0.2) is 12.8 Å². The molecule has 7 nitrogen and oxygen atoms in total. The topological polar surface area (TPSA) is 78.0 Å². The van der Waals surface area contributed by atoms with E-state index in [1.807, 2.05) is 30.3 Å². The van der Waals surface area contributed by atoms with Crippen LogP contribution < -0.4 is 9.80 Å². The highest BCUT2D eigenvalue weighted by atomic mass is 32.2. The molecule has 9 heteroatoms. The van der Waals surface area contributed by atoms with E-state index in [0.29, 0.717) is 31.7 Å². The average Bonchev–Trinajstić information content (AvgIpc) is 3.05. The summed E-state index contributed by atoms with van der Waals surface area (Å²) in [7, 11) is -4.03. The fourth-order valence-electron chi connectivity index (χ4n) is 5.26. The molecule has 0 saturated carbocycles. The Hall–Kier alpha value is -4.50. The second-order valence-corrected chi connectivity index (χ2v) is 11.7. The van der Waals surface area contributed by atoms with Crippen molar-refractivity contribution in [1.82, 2.24) is 4.90 Å². The number of hydrogen-bond acceptors (Lipinski definition) is 5. The molecule has 1 saturated heterocycles. The van der Waals surface area contributed by atoms with Crippen molar-refractivity contribution in [3.05, 3.63) is 120 Å². The zero-order chi connectivity index (χ0) is 27.9. The lowest BCUT2D eigenvalue weighted by Gasteiger charge is -2.36. The molecule has 4 aromatic rings. The third kappa shape index (κ3) is 4.62. The van der Waals surface area contributed by atoms with E-state index in [1.54, 1.807) is 29.2 Å². The molecule has 2 amide bonds. The molecule has 40 heavy (non-hydrogen) atoms. The van der Waals surface area contributed by atoms with Gasteiger partial charge >= 0.3 is 0 Å². The Morgan fingerprint density at radius 1 is 0.775 bits per heavy atom. The van der Waals surface area contributed by atoms with Crippen LogP contribution in [0.3, 0.4) is 0 Å². The third-order valence-electron chi connectivity index (χ3n) is 7.38. The highest BCUT2D eigenvalue weighted by Gasteiger charge is 2.36. The van der Waals surface area contributed by atoms with Gasteiger partial charge in [-0.3, -0.25) is 9.59 Å². The lowest BCUT2D eigenvalue weighted by Crippen LogP contribution is -2.48. The fourth-order valence-corrected chi connectivity index (χ4v) is 6.90. The third-order valence-corrected chi connectivity index (χ3v) is 9.24. The number of piperazine rings is 1. The van der Waals surface area contributed by atoms with Gasteiger partial charge < -0.3 is 14.7 Å². The SMILES string of the molecule is O=C(c1ccc2c(c1)N(Cc1ccccc1)C(=O)c1ccccc1S2(=O)=O)N1CCN(c2ccc(F)cc2)CC1. The molecular weight excluding hydrogens is 529 g/mol. The maximum absolute atomic E-state index is 13.8. The fraction of sp³-hybridized carbons (Fsp3) is 0.161. The number of nitrogens with zero attached hydrogens (tertiary/aromatic N) is 3. The minimum atomic E-state index is -4.03.